The van der Waals surface area contributed by atoms with Crippen LogP contribution in [-0.2, 0) is 25.7 Å². The molecule has 4 aliphatic rings. The summed E-state index contributed by atoms with van der Waals surface area (Å²) in [5.74, 6) is 0. The minimum atomic E-state index is -0.0377. The smallest absolute Gasteiger partial charge is 0.252 e. The molecule has 3 nitrogen and oxygen atoms in total. The zero-order chi connectivity index (χ0) is 43.7. The molecule has 0 radical (unpaired) electrons. The van der Waals surface area contributed by atoms with Gasteiger partial charge in [-0.25, -0.2) is 0 Å². The molecule has 0 saturated heterocycles. The van der Waals surface area contributed by atoms with E-state index in [1.807, 2.05) is 11.3 Å². The maximum atomic E-state index is 6.84. The van der Waals surface area contributed by atoms with Crippen LogP contribution in [0, 0.1) is 0 Å². The molecule has 2 aliphatic heterocycles. The van der Waals surface area contributed by atoms with E-state index in [4.69, 9.17) is 4.42 Å². The molecule has 0 N–H and O–H groups in total. The van der Waals surface area contributed by atoms with E-state index in [9.17, 15) is 0 Å². The van der Waals surface area contributed by atoms with Gasteiger partial charge in [-0.1, -0.05) is 140 Å². The average Bonchev–Trinajstić information content (AvgIpc) is 3.95. The summed E-state index contributed by atoms with van der Waals surface area (Å²) in [6.45, 7) is -0.0377. The number of anilines is 6. The molecular formula is C62H45BN2OS. The van der Waals surface area contributed by atoms with Crippen molar-refractivity contribution in [1.29, 1.82) is 0 Å². The highest BCUT2D eigenvalue weighted by molar-refractivity contribution is 7.26. The van der Waals surface area contributed by atoms with Crippen LogP contribution in [0.3, 0.4) is 0 Å². The normalized spacial score (nSPS) is 14.9. The number of fused-ring (bicyclic) bond motifs is 12. The second-order valence-corrected chi connectivity index (χ2v) is 20.3. The van der Waals surface area contributed by atoms with E-state index >= 15 is 0 Å². The van der Waals surface area contributed by atoms with Gasteiger partial charge in [-0.3, -0.25) is 0 Å². The number of benzene rings is 9. The molecule has 2 aromatic heterocycles. The molecule has 0 bridgehead atoms. The summed E-state index contributed by atoms with van der Waals surface area (Å²) in [6.07, 6.45) is 9.16. The molecule has 4 heterocycles. The van der Waals surface area contributed by atoms with Crippen LogP contribution in [0.25, 0.3) is 64.4 Å². The summed E-state index contributed by atoms with van der Waals surface area (Å²) in [5.41, 5.74) is 24.6. The van der Waals surface area contributed by atoms with Crippen LogP contribution in [-0.4, -0.2) is 6.71 Å². The Morgan fingerprint density at radius 3 is 1.61 bits per heavy atom. The van der Waals surface area contributed by atoms with Crippen molar-refractivity contribution < 1.29 is 4.42 Å². The molecule has 0 spiro atoms. The first-order chi connectivity index (χ1) is 33.2. The molecule has 11 aromatic rings. The lowest BCUT2D eigenvalue weighted by Gasteiger charge is -2.46. The summed E-state index contributed by atoms with van der Waals surface area (Å²) in [6, 6.07) is 66.8. The van der Waals surface area contributed by atoms with Gasteiger partial charge < -0.3 is 14.2 Å². The second-order valence-electron chi connectivity index (χ2n) is 19.2. The fourth-order valence-corrected chi connectivity index (χ4v) is 13.8. The Labute approximate surface area is 394 Å². The molecule has 0 atom stereocenters. The van der Waals surface area contributed by atoms with Gasteiger partial charge in [0.05, 0.1) is 11.4 Å². The quantitative estimate of drug-likeness (QED) is 0.164. The largest absolute Gasteiger partial charge is 0.456 e. The summed E-state index contributed by atoms with van der Waals surface area (Å²) < 4.78 is 9.50. The lowest BCUT2D eigenvalue weighted by Crippen LogP contribution is -2.61. The highest BCUT2D eigenvalue weighted by atomic mass is 32.1. The van der Waals surface area contributed by atoms with Crippen molar-refractivity contribution in [2.24, 2.45) is 0 Å². The topological polar surface area (TPSA) is 19.6 Å². The molecule has 0 saturated carbocycles. The van der Waals surface area contributed by atoms with E-state index in [1.165, 1.54) is 146 Å². The van der Waals surface area contributed by atoms with Crippen molar-refractivity contribution >= 4 is 111 Å². The predicted molar refractivity (Wildman–Crippen MR) is 285 cm³/mol. The van der Waals surface area contributed by atoms with Crippen molar-refractivity contribution in [2.45, 2.75) is 51.4 Å². The summed E-state index contributed by atoms with van der Waals surface area (Å²) in [7, 11) is 0. The highest BCUT2D eigenvalue weighted by Gasteiger charge is 2.46. The third kappa shape index (κ3) is 5.52. The SMILES string of the molecule is c1ccc(-c2ccc3c(c2N2c4cc5oc6ccccc6c5cc4B4c5cc6c(cc5N(c5c(-c7ccccc7)ccc7c5CCCC7)c5cccc2c54)sc2ccccc26)CCCC3)cc1. The van der Waals surface area contributed by atoms with Crippen molar-refractivity contribution in [1.82, 2.24) is 0 Å². The van der Waals surface area contributed by atoms with Crippen LogP contribution in [0.15, 0.2) is 180 Å². The lowest BCUT2D eigenvalue weighted by atomic mass is 9.33. The standard InChI is InChI=1S/C62H45BN2OS/c1-3-16-38(17-4-1)44-32-30-40-20-7-9-22-42(40)61(44)64-52-26-15-27-53-60(52)63(50-34-48-46-24-11-13-28-56(46)66-57(48)36-54(50)64)51-35-49-47-25-12-14-29-58(47)67-59(49)37-55(51)65(53)62-43-23-10-8-21-41(43)31-33-45(62)39-18-5-2-6-19-39/h1-6,11-19,24-37H,7-10,20-23H2. The van der Waals surface area contributed by atoms with Crippen LogP contribution in [0.2, 0.25) is 0 Å². The minimum Gasteiger partial charge on any atom is -0.456 e. The molecule has 9 aromatic carbocycles. The fourth-order valence-electron chi connectivity index (χ4n) is 12.7. The number of furan rings is 1. The van der Waals surface area contributed by atoms with Crippen molar-refractivity contribution in [3.8, 4) is 22.3 Å². The summed E-state index contributed by atoms with van der Waals surface area (Å²) in [5, 5.41) is 4.99. The van der Waals surface area contributed by atoms with Gasteiger partial charge in [-0.15, -0.1) is 11.3 Å². The lowest BCUT2D eigenvalue weighted by molar-refractivity contribution is 0.669. The molecule has 15 rings (SSSR count). The number of aryl methyl sites for hydroxylation is 2. The molecule has 2 aliphatic carbocycles. The Balaban J connectivity index is 1.11. The first-order valence-corrected chi connectivity index (χ1v) is 25.1. The monoisotopic (exact) mass is 876 g/mol. The van der Waals surface area contributed by atoms with Crippen LogP contribution >= 0.6 is 11.3 Å². The van der Waals surface area contributed by atoms with Gasteiger partial charge >= 0.3 is 0 Å². The first kappa shape index (κ1) is 37.8. The van der Waals surface area contributed by atoms with Crippen LogP contribution in [0.1, 0.15) is 47.9 Å². The van der Waals surface area contributed by atoms with Crippen LogP contribution < -0.4 is 26.2 Å². The van der Waals surface area contributed by atoms with Gasteiger partial charge in [0.2, 0.25) is 0 Å². The molecule has 67 heavy (non-hydrogen) atoms. The van der Waals surface area contributed by atoms with E-state index in [0.29, 0.717) is 0 Å². The van der Waals surface area contributed by atoms with Gasteiger partial charge in [-0.05, 0) is 137 Å². The summed E-state index contributed by atoms with van der Waals surface area (Å²) >= 11 is 1.92. The van der Waals surface area contributed by atoms with E-state index in [0.717, 1.165) is 42.2 Å². The molecule has 318 valence electrons. The Bertz CT molecular complexity index is 3600. The number of hydrogen-bond acceptors (Lipinski definition) is 4. The first-order valence-electron chi connectivity index (χ1n) is 24.3. The Hall–Kier alpha value is -7.34. The third-order valence-electron chi connectivity index (χ3n) is 15.6. The van der Waals surface area contributed by atoms with Gasteiger partial charge in [0.15, 0.2) is 0 Å². The molecule has 0 fully saturated rings. The Kier molecular flexibility index (Phi) is 8.24. The number of para-hydroxylation sites is 1. The number of thiophene rings is 1. The third-order valence-corrected chi connectivity index (χ3v) is 16.7. The average molecular weight is 877 g/mol. The van der Waals surface area contributed by atoms with E-state index in [-0.39, 0.29) is 6.71 Å². The van der Waals surface area contributed by atoms with Gasteiger partial charge in [-0.2, -0.15) is 0 Å². The Morgan fingerprint density at radius 2 is 0.955 bits per heavy atom. The zero-order valence-electron chi connectivity index (χ0n) is 37.2. The number of nitrogens with zero attached hydrogens (tertiary/aromatic N) is 2. The zero-order valence-corrected chi connectivity index (χ0v) is 38.0. The van der Waals surface area contributed by atoms with Gasteiger partial charge in [0.25, 0.3) is 6.71 Å². The maximum absolute atomic E-state index is 6.84. The highest BCUT2D eigenvalue weighted by Crippen LogP contribution is 2.53. The van der Waals surface area contributed by atoms with E-state index < -0.39 is 0 Å². The Morgan fingerprint density at radius 1 is 0.403 bits per heavy atom. The van der Waals surface area contributed by atoms with Crippen molar-refractivity contribution in [2.75, 3.05) is 9.80 Å². The van der Waals surface area contributed by atoms with E-state index in [2.05, 4.69) is 186 Å². The molecular weight excluding hydrogens is 832 g/mol. The van der Waals surface area contributed by atoms with Crippen molar-refractivity contribution in [3.05, 3.63) is 198 Å². The molecule has 0 amide bonds. The fraction of sp³-hybridized carbons (Fsp3) is 0.129. The summed E-state index contributed by atoms with van der Waals surface area (Å²) in [4.78, 5) is 5.42. The van der Waals surface area contributed by atoms with Gasteiger partial charge in [0, 0.05) is 65.5 Å². The maximum Gasteiger partial charge on any atom is 0.252 e. The number of rotatable bonds is 4. The van der Waals surface area contributed by atoms with Crippen LogP contribution in [0.5, 0.6) is 0 Å². The number of hydrogen-bond donors (Lipinski definition) is 0. The molecule has 5 heteroatoms. The van der Waals surface area contributed by atoms with Gasteiger partial charge in [0.1, 0.15) is 11.2 Å². The predicted octanol–water partition coefficient (Wildman–Crippen LogP) is 15.1. The van der Waals surface area contributed by atoms with Crippen molar-refractivity contribution in [3.63, 3.8) is 0 Å². The minimum absolute atomic E-state index is 0.0377. The second kappa shape index (κ2) is 14.6. The van der Waals surface area contributed by atoms with Crippen LogP contribution in [0.4, 0.5) is 34.1 Å². The molecule has 0 unspecified atom stereocenters. The van der Waals surface area contributed by atoms with E-state index in [1.54, 1.807) is 0 Å².